The van der Waals surface area contributed by atoms with Crippen molar-refractivity contribution in [3.05, 3.63) is 40.4 Å². The fraction of sp³-hybridized carbons (Fsp3) is 0.231. The van der Waals surface area contributed by atoms with Crippen molar-refractivity contribution in [2.75, 3.05) is 11.4 Å². The van der Waals surface area contributed by atoms with Gasteiger partial charge in [0.25, 0.3) is 5.91 Å². The number of fused-ring (bicyclic) bond motifs is 1. The average Bonchev–Trinajstić information content (AvgIpc) is 2.60. The van der Waals surface area contributed by atoms with Gasteiger partial charge in [-0.15, -0.1) is 6.58 Å². The maximum atomic E-state index is 12.3. The molecule has 0 saturated carbocycles. The zero-order valence-electron chi connectivity index (χ0n) is 10.2. The molecule has 0 unspecified atom stereocenters. The fourth-order valence-electron chi connectivity index (χ4n) is 2.14. The lowest BCUT2D eigenvalue weighted by molar-refractivity contribution is -0.126. The van der Waals surface area contributed by atoms with Gasteiger partial charge in [-0.2, -0.15) is 0 Å². The molecular weight excluding hydrogens is 287 g/mol. The van der Waals surface area contributed by atoms with Crippen molar-refractivity contribution < 1.29 is 9.59 Å². The van der Waals surface area contributed by atoms with Crippen molar-refractivity contribution in [1.29, 1.82) is 0 Å². The first-order valence-electron chi connectivity index (χ1n) is 5.64. The van der Waals surface area contributed by atoms with Gasteiger partial charge in [0.2, 0.25) is 5.91 Å². The third-order valence-corrected chi connectivity index (χ3v) is 3.48. The molecule has 0 bridgehead atoms. The molecule has 19 heavy (non-hydrogen) atoms. The van der Waals surface area contributed by atoms with Gasteiger partial charge < -0.3 is 10.2 Å². The van der Waals surface area contributed by atoms with E-state index in [9.17, 15) is 9.59 Å². The van der Waals surface area contributed by atoms with Crippen LogP contribution in [0.5, 0.6) is 0 Å². The van der Waals surface area contributed by atoms with Gasteiger partial charge in [0.1, 0.15) is 6.04 Å². The number of benzene rings is 1. The minimum absolute atomic E-state index is 0.264. The molecule has 2 amide bonds. The van der Waals surface area contributed by atoms with Crippen LogP contribution in [-0.4, -0.2) is 18.4 Å². The third-order valence-electron chi connectivity index (χ3n) is 2.85. The number of anilines is 1. The second kappa shape index (κ2) is 5.23. The summed E-state index contributed by atoms with van der Waals surface area (Å²) in [6, 6.07) is 2.45. The van der Waals surface area contributed by atoms with Crippen molar-refractivity contribution in [1.82, 2.24) is 5.32 Å². The number of carbonyl (C=O) groups is 2. The highest BCUT2D eigenvalue weighted by atomic mass is 35.5. The monoisotopic (exact) mass is 298 g/mol. The molecule has 0 radical (unpaired) electrons. The van der Waals surface area contributed by atoms with E-state index in [1.54, 1.807) is 18.2 Å². The second-order valence-corrected chi connectivity index (χ2v) is 4.98. The topological polar surface area (TPSA) is 49.4 Å². The average molecular weight is 299 g/mol. The number of nitrogens with one attached hydrogen (secondary N) is 1. The van der Waals surface area contributed by atoms with Crippen LogP contribution in [-0.2, 0) is 9.59 Å². The van der Waals surface area contributed by atoms with Crippen molar-refractivity contribution in [3.8, 4) is 0 Å². The molecule has 6 heteroatoms. The lowest BCUT2D eigenvalue weighted by Gasteiger charge is -2.16. The van der Waals surface area contributed by atoms with E-state index in [0.717, 1.165) is 0 Å². The van der Waals surface area contributed by atoms with Crippen LogP contribution in [0.2, 0.25) is 10.0 Å². The molecule has 0 aromatic heterocycles. The van der Waals surface area contributed by atoms with Gasteiger partial charge in [0.15, 0.2) is 0 Å². The quantitative estimate of drug-likeness (QED) is 0.872. The smallest absolute Gasteiger partial charge is 0.254 e. The van der Waals surface area contributed by atoms with Gasteiger partial charge in [0, 0.05) is 24.1 Å². The van der Waals surface area contributed by atoms with Gasteiger partial charge in [-0.3, -0.25) is 9.59 Å². The van der Waals surface area contributed by atoms with Gasteiger partial charge in [0.05, 0.1) is 10.7 Å². The molecule has 0 aliphatic carbocycles. The molecule has 0 saturated heterocycles. The Labute approximate surface area is 121 Å². The number of carbonyl (C=O) groups excluding carboxylic acids is 2. The van der Waals surface area contributed by atoms with Crippen LogP contribution in [0.25, 0.3) is 0 Å². The van der Waals surface area contributed by atoms with E-state index in [2.05, 4.69) is 11.9 Å². The summed E-state index contributed by atoms with van der Waals surface area (Å²) in [5.74, 6) is -0.569. The molecule has 1 atom stereocenters. The molecule has 100 valence electrons. The second-order valence-electron chi connectivity index (χ2n) is 4.16. The number of rotatable bonds is 3. The van der Waals surface area contributed by atoms with Crippen LogP contribution < -0.4 is 10.2 Å². The number of amides is 2. The number of hydrogen-bond donors (Lipinski definition) is 1. The van der Waals surface area contributed by atoms with Crippen molar-refractivity contribution >= 4 is 40.7 Å². The molecule has 1 N–H and O–H groups in total. The molecule has 1 aliphatic heterocycles. The zero-order chi connectivity index (χ0) is 14.2. The first-order chi connectivity index (χ1) is 8.97. The van der Waals surface area contributed by atoms with E-state index in [-0.39, 0.29) is 11.8 Å². The van der Waals surface area contributed by atoms with E-state index in [1.165, 1.54) is 11.8 Å². The predicted molar refractivity (Wildman–Crippen MR) is 75.6 cm³/mol. The summed E-state index contributed by atoms with van der Waals surface area (Å²) in [6.45, 7) is 5.27. The summed E-state index contributed by atoms with van der Waals surface area (Å²) in [5.41, 5.74) is 1.08. The molecule has 1 aromatic rings. The minimum Gasteiger partial charge on any atom is -0.341 e. The first kappa shape index (κ1) is 13.9. The standard InChI is InChI=1S/C13H12Cl2N2O2/c1-3-6-17-12-9(15)5-4-8(14)10(12)11(13(17)19)16-7(2)18/h3-5,11H,1,6H2,2H3,(H,16,18)/t11-/m0/s1. The zero-order valence-corrected chi connectivity index (χ0v) is 11.8. The van der Waals surface area contributed by atoms with E-state index < -0.39 is 6.04 Å². The molecule has 1 heterocycles. The van der Waals surface area contributed by atoms with Crippen LogP contribution >= 0.6 is 23.2 Å². The Morgan fingerprint density at radius 3 is 2.68 bits per heavy atom. The molecule has 4 nitrogen and oxygen atoms in total. The normalized spacial score (nSPS) is 17.3. The maximum Gasteiger partial charge on any atom is 0.254 e. The Morgan fingerprint density at radius 2 is 2.11 bits per heavy atom. The van der Waals surface area contributed by atoms with Crippen LogP contribution in [0.4, 0.5) is 5.69 Å². The van der Waals surface area contributed by atoms with Crippen molar-refractivity contribution in [2.45, 2.75) is 13.0 Å². The largest absolute Gasteiger partial charge is 0.341 e. The van der Waals surface area contributed by atoms with Crippen LogP contribution in [0.1, 0.15) is 18.5 Å². The molecule has 1 aliphatic rings. The number of hydrogen-bond acceptors (Lipinski definition) is 2. The highest BCUT2D eigenvalue weighted by molar-refractivity contribution is 6.38. The molecule has 1 aromatic carbocycles. The summed E-state index contributed by atoms with van der Waals surface area (Å²) in [7, 11) is 0. The van der Waals surface area contributed by atoms with Crippen molar-refractivity contribution in [3.63, 3.8) is 0 Å². The fourth-order valence-corrected chi connectivity index (χ4v) is 2.67. The Morgan fingerprint density at radius 1 is 1.47 bits per heavy atom. The van der Waals surface area contributed by atoms with E-state index in [4.69, 9.17) is 23.2 Å². The highest BCUT2D eigenvalue weighted by Crippen LogP contribution is 2.44. The van der Waals surface area contributed by atoms with E-state index in [0.29, 0.717) is 27.8 Å². The van der Waals surface area contributed by atoms with E-state index in [1.807, 2.05) is 0 Å². The summed E-state index contributed by atoms with van der Waals surface area (Å²) in [6.07, 6.45) is 1.59. The lowest BCUT2D eigenvalue weighted by atomic mass is 10.1. The predicted octanol–water partition coefficient (Wildman–Crippen LogP) is 2.70. The molecule has 0 spiro atoms. The van der Waals surface area contributed by atoms with Crippen LogP contribution in [0.3, 0.4) is 0 Å². The Hall–Kier alpha value is -1.52. The molecule has 0 fully saturated rings. The maximum absolute atomic E-state index is 12.3. The SMILES string of the molecule is C=CCN1C(=O)[C@@H](NC(C)=O)c2c(Cl)ccc(Cl)c21. The van der Waals surface area contributed by atoms with Gasteiger partial charge in [-0.25, -0.2) is 0 Å². The van der Waals surface area contributed by atoms with E-state index >= 15 is 0 Å². The summed E-state index contributed by atoms with van der Waals surface area (Å²) in [5, 5.41) is 3.42. The Bertz CT molecular complexity index is 572. The van der Waals surface area contributed by atoms with Crippen LogP contribution in [0.15, 0.2) is 24.8 Å². The van der Waals surface area contributed by atoms with Gasteiger partial charge >= 0.3 is 0 Å². The van der Waals surface area contributed by atoms with Crippen LogP contribution in [0, 0.1) is 0 Å². The van der Waals surface area contributed by atoms with Gasteiger partial charge in [-0.05, 0) is 12.1 Å². The molecular formula is C13H12Cl2N2O2. The number of nitrogens with zero attached hydrogens (tertiary/aromatic N) is 1. The summed E-state index contributed by atoms with van der Waals surface area (Å²) < 4.78 is 0. The Balaban J connectivity index is 2.59. The minimum atomic E-state index is -0.793. The van der Waals surface area contributed by atoms with Gasteiger partial charge in [-0.1, -0.05) is 29.3 Å². The molecule has 2 rings (SSSR count). The Kier molecular flexibility index (Phi) is 3.83. The highest BCUT2D eigenvalue weighted by Gasteiger charge is 2.40. The van der Waals surface area contributed by atoms with Crippen molar-refractivity contribution in [2.24, 2.45) is 0 Å². The first-order valence-corrected chi connectivity index (χ1v) is 6.40. The number of halogens is 2. The third kappa shape index (κ3) is 2.33. The summed E-state index contributed by atoms with van der Waals surface area (Å²) in [4.78, 5) is 25.0. The summed E-state index contributed by atoms with van der Waals surface area (Å²) >= 11 is 12.3. The lowest BCUT2D eigenvalue weighted by Crippen LogP contribution is -2.36.